The summed E-state index contributed by atoms with van der Waals surface area (Å²) in [5.41, 5.74) is 7.92. The fourth-order valence-electron chi connectivity index (χ4n) is 1.73. The second-order valence-corrected chi connectivity index (χ2v) is 6.34. The average Bonchev–Trinajstić information content (AvgIpc) is 2.41. The van der Waals surface area contributed by atoms with E-state index in [2.05, 4.69) is 9.71 Å². The Morgan fingerprint density at radius 3 is 2.40 bits per heavy atom. The molecule has 106 valence electrons. The summed E-state index contributed by atoms with van der Waals surface area (Å²) in [7, 11) is -3.61. The predicted octanol–water partition coefficient (Wildman–Crippen LogP) is 2.21. The number of pyridine rings is 1. The van der Waals surface area contributed by atoms with Crippen molar-refractivity contribution in [3.8, 4) is 0 Å². The van der Waals surface area contributed by atoms with Crippen molar-refractivity contribution in [1.82, 2.24) is 4.98 Å². The van der Waals surface area contributed by atoms with Crippen molar-refractivity contribution in [2.45, 2.75) is 24.8 Å². The lowest BCUT2D eigenvalue weighted by molar-refractivity contribution is 0.601. The zero-order chi connectivity index (χ0) is 14.8. The molecular weight excluding hydrogens is 274 g/mol. The van der Waals surface area contributed by atoms with Gasteiger partial charge in [0.2, 0.25) is 0 Å². The van der Waals surface area contributed by atoms with Crippen molar-refractivity contribution in [3.05, 3.63) is 53.9 Å². The van der Waals surface area contributed by atoms with Crippen LogP contribution in [0, 0.1) is 6.92 Å². The zero-order valence-corrected chi connectivity index (χ0v) is 12.2. The second-order valence-electron chi connectivity index (χ2n) is 4.65. The van der Waals surface area contributed by atoms with Crippen LogP contribution in [-0.2, 0) is 10.0 Å². The van der Waals surface area contributed by atoms with E-state index >= 15 is 0 Å². The minimum atomic E-state index is -3.61. The number of aryl methyl sites for hydroxylation is 1. The highest BCUT2D eigenvalue weighted by molar-refractivity contribution is 7.92. The van der Waals surface area contributed by atoms with Gasteiger partial charge in [0.15, 0.2) is 0 Å². The fraction of sp³-hybridized carbons (Fsp3) is 0.214. The Labute approximate surface area is 118 Å². The molecule has 0 saturated carbocycles. The van der Waals surface area contributed by atoms with Crippen LogP contribution in [0.15, 0.2) is 47.6 Å². The normalized spacial score (nSPS) is 12.9. The van der Waals surface area contributed by atoms with E-state index in [1.54, 1.807) is 36.5 Å². The summed E-state index contributed by atoms with van der Waals surface area (Å²) in [4.78, 5) is 4.12. The lowest BCUT2D eigenvalue weighted by Gasteiger charge is -2.11. The van der Waals surface area contributed by atoms with Gasteiger partial charge < -0.3 is 5.73 Å². The fourth-order valence-corrected chi connectivity index (χ4v) is 2.84. The van der Waals surface area contributed by atoms with E-state index in [4.69, 9.17) is 5.73 Å². The number of sulfonamides is 1. The first-order chi connectivity index (χ1) is 9.40. The summed E-state index contributed by atoms with van der Waals surface area (Å²) in [6.45, 7) is 3.67. The molecular formula is C14H17N3O2S. The van der Waals surface area contributed by atoms with Gasteiger partial charge in [-0.05, 0) is 43.2 Å². The number of aromatic nitrogens is 1. The van der Waals surface area contributed by atoms with E-state index in [1.807, 2.05) is 13.8 Å². The third kappa shape index (κ3) is 3.15. The summed E-state index contributed by atoms with van der Waals surface area (Å²) in [6.07, 6.45) is 3.10. The van der Waals surface area contributed by atoms with Crippen molar-refractivity contribution in [1.29, 1.82) is 0 Å². The Morgan fingerprint density at radius 1 is 1.20 bits per heavy atom. The van der Waals surface area contributed by atoms with Crippen molar-refractivity contribution in [2.24, 2.45) is 5.73 Å². The number of nitrogens with two attached hydrogens (primary N) is 1. The molecule has 20 heavy (non-hydrogen) atoms. The van der Waals surface area contributed by atoms with Crippen molar-refractivity contribution < 1.29 is 8.42 Å². The molecule has 5 nitrogen and oxygen atoms in total. The van der Waals surface area contributed by atoms with Crippen LogP contribution in [0.2, 0.25) is 0 Å². The smallest absolute Gasteiger partial charge is 0.261 e. The molecule has 0 spiro atoms. The minimum absolute atomic E-state index is 0.125. The minimum Gasteiger partial charge on any atom is -0.324 e. The lowest BCUT2D eigenvalue weighted by atomic mass is 10.1. The van der Waals surface area contributed by atoms with Crippen LogP contribution in [0.1, 0.15) is 24.1 Å². The summed E-state index contributed by atoms with van der Waals surface area (Å²) in [5.74, 6) is 0. The van der Waals surface area contributed by atoms with Gasteiger partial charge in [0.05, 0.1) is 16.8 Å². The van der Waals surface area contributed by atoms with Gasteiger partial charge in [0, 0.05) is 12.2 Å². The zero-order valence-electron chi connectivity index (χ0n) is 11.4. The van der Waals surface area contributed by atoms with Crippen molar-refractivity contribution >= 4 is 15.7 Å². The number of anilines is 1. The Morgan fingerprint density at radius 2 is 1.85 bits per heavy atom. The molecule has 0 fully saturated rings. The summed E-state index contributed by atoms with van der Waals surface area (Å²) in [6, 6.07) is 8.15. The Bertz CT molecular complexity index is 695. The van der Waals surface area contributed by atoms with E-state index in [-0.39, 0.29) is 10.9 Å². The highest BCUT2D eigenvalue weighted by Crippen LogP contribution is 2.19. The van der Waals surface area contributed by atoms with Gasteiger partial charge in [-0.25, -0.2) is 8.42 Å². The molecule has 0 aliphatic heterocycles. The first-order valence-corrected chi connectivity index (χ1v) is 7.67. The Balaban J connectivity index is 2.29. The largest absolute Gasteiger partial charge is 0.324 e. The third-order valence-electron chi connectivity index (χ3n) is 3.00. The molecule has 0 aliphatic rings. The molecule has 1 aromatic carbocycles. The standard InChI is InChI=1S/C14H17N3O2S/c1-10-7-8-16-9-14(10)17-20(18,19)13-5-3-12(4-6-13)11(2)15/h3-9,11,17H,15H2,1-2H3. The number of benzene rings is 1. The maximum Gasteiger partial charge on any atom is 0.261 e. The topological polar surface area (TPSA) is 85.1 Å². The molecule has 1 aromatic heterocycles. The van der Waals surface area contributed by atoms with E-state index in [1.165, 1.54) is 6.20 Å². The van der Waals surface area contributed by atoms with Gasteiger partial charge in [0.1, 0.15) is 0 Å². The van der Waals surface area contributed by atoms with Gasteiger partial charge in [-0.2, -0.15) is 0 Å². The van der Waals surface area contributed by atoms with Gasteiger partial charge in [-0.1, -0.05) is 12.1 Å². The van der Waals surface area contributed by atoms with Crippen LogP contribution in [0.4, 0.5) is 5.69 Å². The van der Waals surface area contributed by atoms with Crippen LogP contribution in [0.25, 0.3) is 0 Å². The molecule has 1 unspecified atom stereocenters. The molecule has 0 saturated heterocycles. The molecule has 2 rings (SSSR count). The van der Waals surface area contributed by atoms with Crippen LogP contribution in [-0.4, -0.2) is 13.4 Å². The first kappa shape index (κ1) is 14.5. The Kier molecular flexibility index (Phi) is 4.06. The number of hydrogen-bond donors (Lipinski definition) is 2. The first-order valence-electron chi connectivity index (χ1n) is 6.19. The van der Waals surface area contributed by atoms with Gasteiger partial charge in [0.25, 0.3) is 10.0 Å². The molecule has 0 amide bonds. The monoisotopic (exact) mass is 291 g/mol. The van der Waals surface area contributed by atoms with Gasteiger partial charge in [-0.3, -0.25) is 9.71 Å². The van der Waals surface area contributed by atoms with Crippen LogP contribution in [0.3, 0.4) is 0 Å². The van der Waals surface area contributed by atoms with Gasteiger partial charge >= 0.3 is 0 Å². The van der Waals surface area contributed by atoms with E-state index in [0.29, 0.717) is 5.69 Å². The predicted molar refractivity (Wildman–Crippen MR) is 78.8 cm³/mol. The molecule has 0 aliphatic carbocycles. The van der Waals surface area contributed by atoms with Crippen LogP contribution < -0.4 is 10.5 Å². The molecule has 3 N–H and O–H groups in total. The molecule has 2 aromatic rings. The summed E-state index contributed by atoms with van der Waals surface area (Å²) >= 11 is 0. The van der Waals surface area contributed by atoms with E-state index in [0.717, 1.165) is 11.1 Å². The number of nitrogens with zero attached hydrogens (tertiary/aromatic N) is 1. The molecule has 0 radical (unpaired) electrons. The lowest BCUT2D eigenvalue weighted by Crippen LogP contribution is -2.14. The third-order valence-corrected chi connectivity index (χ3v) is 4.38. The Hall–Kier alpha value is -1.92. The maximum atomic E-state index is 12.3. The number of nitrogens with one attached hydrogen (secondary N) is 1. The highest BCUT2D eigenvalue weighted by atomic mass is 32.2. The average molecular weight is 291 g/mol. The summed E-state index contributed by atoms with van der Waals surface area (Å²) in [5, 5.41) is 0. The highest BCUT2D eigenvalue weighted by Gasteiger charge is 2.15. The molecule has 1 heterocycles. The molecule has 6 heteroatoms. The maximum absolute atomic E-state index is 12.3. The molecule has 0 bridgehead atoms. The quantitative estimate of drug-likeness (QED) is 0.904. The molecule has 1 atom stereocenters. The van der Waals surface area contributed by atoms with Crippen LogP contribution >= 0.6 is 0 Å². The number of hydrogen-bond acceptors (Lipinski definition) is 4. The van der Waals surface area contributed by atoms with Gasteiger partial charge in [-0.15, -0.1) is 0 Å². The van der Waals surface area contributed by atoms with Crippen molar-refractivity contribution in [3.63, 3.8) is 0 Å². The van der Waals surface area contributed by atoms with Crippen molar-refractivity contribution in [2.75, 3.05) is 4.72 Å². The second kappa shape index (κ2) is 5.60. The SMILES string of the molecule is Cc1ccncc1NS(=O)(=O)c1ccc(C(C)N)cc1. The number of rotatable bonds is 4. The van der Waals surface area contributed by atoms with Crippen LogP contribution in [0.5, 0.6) is 0 Å². The van der Waals surface area contributed by atoms with E-state index in [9.17, 15) is 8.42 Å². The summed E-state index contributed by atoms with van der Waals surface area (Å²) < 4.78 is 27.1. The van der Waals surface area contributed by atoms with E-state index < -0.39 is 10.0 Å².